The van der Waals surface area contributed by atoms with Crippen molar-refractivity contribution in [2.45, 2.75) is 32.4 Å². The smallest absolute Gasteiger partial charge is 0.305 e. The highest BCUT2D eigenvalue weighted by molar-refractivity contribution is 7.92. The number of para-hydroxylation sites is 1. The van der Waals surface area contributed by atoms with Gasteiger partial charge in [0.2, 0.25) is 0 Å². The van der Waals surface area contributed by atoms with Crippen LogP contribution in [-0.4, -0.2) is 43.6 Å². The molecule has 0 unspecified atom stereocenters. The molecule has 0 aromatic heterocycles. The Morgan fingerprint density at radius 3 is 2.38 bits per heavy atom. The number of hydrogen-bond donors (Lipinski definition) is 1. The van der Waals surface area contributed by atoms with Crippen LogP contribution in [0.4, 0.5) is 5.69 Å². The van der Waals surface area contributed by atoms with E-state index in [0.29, 0.717) is 13.1 Å². The second kappa shape index (κ2) is 7.45. The fourth-order valence-electron chi connectivity index (χ4n) is 1.97. The Morgan fingerprint density at radius 2 is 1.86 bits per heavy atom. The van der Waals surface area contributed by atoms with Crippen LogP contribution in [0.3, 0.4) is 0 Å². The first-order valence-corrected chi connectivity index (χ1v) is 8.69. The highest BCUT2D eigenvalue weighted by Crippen LogP contribution is 2.20. The third-order valence-corrected chi connectivity index (χ3v) is 5.60. The van der Waals surface area contributed by atoms with E-state index in [0.717, 1.165) is 11.3 Å². The van der Waals surface area contributed by atoms with Crippen LogP contribution in [0.2, 0.25) is 0 Å². The minimum Gasteiger partial charge on any atom is -0.481 e. The van der Waals surface area contributed by atoms with Crippen molar-refractivity contribution in [2.75, 3.05) is 23.7 Å². The molecule has 5 nitrogen and oxygen atoms in total. The number of carbonyl (C=O) groups is 1. The van der Waals surface area contributed by atoms with Crippen molar-refractivity contribution in [1.82, 2.24) is 0 Å². The Kier molecular flexibility index (Phi) is 6.20. The number of rotatable bonds is 8. The van der Waals surface area contributed by atoms with E-state index in [1.807, 2.05) is 36.1 Å². The van der Waals surface area contributed by atoms with Crippen LogP contribution < -0.4 is 4.90 Å². The van der Waals surface area contributed by atoms with Gasteiger partial charge in [0.1, 0.15) is 0 Å². The zero-order chi connectivity index (χ0) is 16.0. The summed E-state index contributed by atoms with van der Waals surface area (Å²) in [6, 6.07) is 7.59. The Labute approximate surface area is 126 Å². The molecule has 0 aliphatic carbocycles. The number of hydrogen-bond acceptors (Lipinski definition) is 4. The van der Waals surface area contributed by atoms with Crippen molar-refractivity contribution >= 4 is 21.5 Å². The maximum atomic E-state index is 11.9. The van der Waals surface area contributed by atoms with E-state index in [1.165, 1.54) is 0 Å². The van der Waals surface area contributed by atoms with E-state index in [1.54, 1.807) is 13.8 Å². The third-order valence-electron chi connectivity index (χ3n) is 3.42. The van der Waals surface area contributed by atoms with Crippen LogP contribution in [0.1, 0.15) is 25.8 Å². The SMILES string of the molecule is Cc1ccccc1N(CCC(=O)O)CCS(=O)(=O)C(C)C. The molecular formula is C15H23NO4S. The van der Waals surface area contributed by atoms with Gasteiger partial charge >= 0.3 is 5.97 Å². The van der Waals surface area contributed by atoms with Gasteiger partial charge in [0.05, 0.1) is 17.4 Å². The van der Waals surface area contributed by atoms with E-state index in [4.69, 9.17) is 5.11 Å². The molecule has 0 spiro atoms. The number of carboxylic acids is 1. The summed E-state index contributed by atoms with van der Waals surface area (Å²) in [5.74, 6) is -0.862. The van der Waals surface area contributed by atoms with Gasteiger partial charge in [-0.3, -0.25) is 4.79 Å². The molecule has 0 fully saturated rings. The molecule has 0 aliphatic heterocycles. The largest absolute Gasteiger partial charge is 0.481 e. The molecule has 1 N–H and O–H groups in total. The molecule has 0 heterocycles. The van der Waals surface area contributed by atoms with Crippen LogP contribution in [-0.2, 0) is 14.6 Å². The number of carboxylic acid groups (broad SMARTS) is 1. The third kappa shape index (κ3) is 5.38. The van der Waals surface area contributed by atoms with Gasteiger partial charge in [0.15, 0.2) is 9.84 Å². The van der Waals surface area contributed by atoms with Gasteiger partial charge in [-0.05, 0) is 32.4 Å². The molecular weight excluding hydrogens is 290 g/mol. The standard InChI is InChI=1S/C15H23NO4S/c1-12(2)21(19,20)11-10-16(9-8-15(17)18)14-7-5-4-6-13(14)3/h4-7,12H,8-11H2,1-3H3,(H,17,18). The van der Waals surface area contributed by atoms with Gasteiger partial charge in [-0.25, -0.2) is 8.42 Å². The van der Waals surface area contributed by atoms with Gasteiger partial charge in [0.25, 0.3) is 0 Å². The summed E-state index contributed by atoms with van der Waals surface area (Å²) in [5.41, 5.74) is 1.89. The number of anilines is 1. The molecule has 0 atom stereocenters. The van der Waals surface area contributed by atoms with Gasteiger partial charge < -0.3 is 10.0 Å². The lowest BCUT2D eigenvalue weighted by Crippen LogP contribution is -2.33. The maximum absolute atomic E-state index is 11.9. The van der Waals surface area contributed by atoms with Crippen LogP contribution in [0.15, 0.2) is 24.3 Å². The van der Waals surface area contributed by atoms with Crippen molar-refractivity contribution in [3.05, 3.63) is 29.8 Å². The first kappa shape index (κ1) is 17.5. The molecule has 0 amide bonds. The second-order valence-corrected chi connectivity index (χ2v) is 8.01. The summed E-state index contributed by atoms with van der Waals surface area (Å²) < 4.78 is 23.9. The van der Waals surface area contributed by atoms with E-state index in [-0.39, 0.29) is 12.2 Å². The van der Waals surface area contributed by atoms with Gasteiger partial charge in [-0.15, -0.1) is 0 Å². The zero-order valence-electron chi connectivity index (χ0n) is 12.7. The maximum Gasteiger partial charge on any atom is 0.305 e. The molecule has 0 saturated heterocycles. The van der Waals surface area contributed by atoms with Crippen molar-refractivity contribution in [1.29, 1.82) is 0 Å². The molecule has 6 heteroatoms. The molecule has 118 valence electrons. The van der Waals surface area contributed by atoms with Gasteiger partial charge in [-0.2, -0.15) is 0 Å². The number of benzene rings is 1. The molecule has 0 radical (unpaired) electrons. The second-order valence-electron chi connectivity index (χ2n) is 5.33. The average molecular weight is 313 g/mol. The highest BCUT2D eigenvalue weighted by Gasteiger charge is 2.19. The molecule has 1 aromatic rings. The summed E-state index contributed by atoms with van der Waals surface area (Å²) in [6.45, 7) is 5.85. The molecule has 0 saturated carbocycles. The molecule has 21 heavy (non-hydrogen) atoms. The van der Waals surface area contributed by atoms with Crippen LogP contribution in [0, 0.1) is 6.92 Å². The van der Waals surface area contributed by atoms with E-state index in [2.05, 4.69) is 0 Å². The van der Waals surface area contributed by atoms with E-state index < -0.39 is 21.1 Å². The summed E-state index contributed by atoms with van der Waals surface area (Å²) >= 11 is 0. The summed E-state index contributed by atoms with van der Waals surface area (Å²) in [6.07, 6.45) is -0.0178. The first-order chi connectivity index (χ1) is 9.74. The van der Waals surface area contributed by atoms with Crippen molar-refractivity contribution in [3.63, 3.8) is 0 Å². The van der Waals surface area contributed by atoms with E-state index >= 15 is 0 Å². The number of aryl methyl sites for hydroxylation is 1. The molecule has 1 rings (SSSR count). The summed E-state index contributed by atoms with van der Waals surface area (Å²) in [7, 11) is -3.14. The predicted molar refractivity (Wildman–Crippen MR) is 84.6 cm³/mol. The Hall–Kier alpha value is -1.56. The lowest BCUT2D eigenvalue weighted by Gasteiger charge is -2.26. The van der Waals surface area contributed by atoms with Crippen molar-refractivity contribution in [3.8, 4) is 0 Å². The first-order valence-electron chi connectivity index (χ1n) is 6.98. The van der Waals surface area contributed by atoms with Crippen molar-refractivity contribution < 1.29 is 18.3 Å². The normalized spacial score (nSPS) is 11.6. The monoisotopic (exact) mass is 313 g/mol. The predicted octanol–water partition coefficient (Wildman–Crippen LogP) is 2.10. The lowest BCUT2D eigenvalue weighted by molar-refractivity contribution is -0.136. The van der Waals surface area contributed by atoms with E-state index in [9.17, 15) is 13.2 Å². The van der Waals surface area contributed by atoms with Crippen LogP contribution in [0.5, 0.6) is 0 Å². The van der Waals surface area contributed by atoms with Gasteiger partial charge in [-0.1, -0.05) is 18.2 Å². The Morgan fingerprint density at radius 1 is 1.24 bits per heavy atom. The fourth-order valence-corrected chi connectivity index (χ4v) is 2.92. The Balaban J connectivity index is 2.88. The quantitative estimate of drug-likeness (QED) is 0.795. The molecule has 0 aliphatic rings. The molecule has 0 bridgehead atoms. The van der Waals surface area contributed by atoms with Gasteiger partial charge in [0, 0.05) is 18.8 Å². The average Bonchev–Trinajstić information content (AvgIpc) is 2.39. The fraction of sp³-hybridized carbons (Fsp3) is 0.533. The lowest BCUT2D eigenvalue weighted by atomic mass is 10.1. The van der Waals surface area contributed by atoms with Crippen LogP contribution in [0.25, 0.3) is 0 Å². The number of aliphatic carboxylic acids is 1. The zero-order valence-corrected chi connectivity index (χ0v) is 13.6. The number of nitrogens with zero attached hydrogens (tertiary/aromatic N) is 1. The highest BCUT2D eigenvalue weighted by atomic mass is 32.2. The van der Waals surface area contributed by atoms with Crippen LogP contribution >= 0.6 is 0 Å². The minimum absolute atomic E-state index is 0.0178. The topological polar surface area (TPSA) is 74.7 Å². The summed E-state index contributed by atoms with van der Waals surface area (Å²) in [4.78, 5) is 12.6. The minimum atomic E-state index is -3.14. The molecule has 1 aromatic carbocycles. The summed E-state index contributed by atoms with van der Waals surface area (Å²) in [5, 5.41) is 8.43. The Bertz CT molecular complexity index is 581. The van der Waals surface area contributed by atoms with Crippen molar-refractivity contribution in [2.24, 2.45) is 0 Å². The number of sulfone groups is 1.